The average molecular weight is 336 g/mol. The molecule has 6 heteroatoms. The van der Waals surface area contributed by atoms with E-state index in [-0.39, 0.29) is 0 Å². The van der Waals surface area contributed by atoms with E-state index in [0.29, 0.717) is 24.5 Å². The van der Waals surface area contributed by atoms with Crippen LogP contribution in [0.5, 0.6) is 11.5 Å². The molecule has 1 aromatic carbocycles. The minimum absolute atomic E-state index is 0.400. The van der Waals surface area contributed by atoms with Crippen LogP contribution < -0.4 is 15.2 Å². The molecule has 0 bridgehead atoms. The SMILES string of the molecule is COC(=O)C(N)Cc1ccc(OCCN2CCCCC2)c(OC)c1. The van der Waals surface area contributed by atoms with E-state index in [1.807, 2.05) is 18.2 Å². The molecule has 0 aliphatic carbocycles. The zero-order valence-electron chi connectivity index (χ0n) is 14.6. The number of carbonyl (C=O) groups excluding carboxylic acids is 1. The van der Waals surface area contributed by atoms with Gasteiger partial charge in [0.15, 0.2) is 11.5 Å². The number of carbonyl (C=O) groups is 1. The number of methoxy groups -OCH3 is 2. The quantitative estimate of drug-likeness (QED) is 0.727. The van der Waals surface area contributed by atoms with Gasteiger partial charge < -0.3 is 19.9 Å². The Balaban J connectivity index is 1.89. The lowest BCUT2D eigenvalue weighted by Crippen LogP contribution is -2.33. The van der Waals surface area contributed by atoms with Crippen LogP contribution in [-0.2, 0) is 16.0 Å². The third-order valence-corrected chi connectivity index (χ3v) is 4.30. The van der Waals surface area contributed by atoms with Crippen LogP contribution in [0.15, 0.2) is 18.2 Å². The van der Waals surface area contributed by atoms with Gasteiger partial charge >= 0.3 is 5.97 Å². The topological polar surface area (TPSA) is 74.0 Å². The van der Waals surface area contributed by atoms with Gasteiger partial charge in [-0.25, -0.2) is 0 Å². The van der Waals surface area contributed by atoms with Crippen LogP contribution in [0.1, 0.15) is 24.8 Å². The van der Waals surface area contributed by atoms with Crippen molar-refractivity contribution in [1.29, 1.82) is 0 Å². The molecule has 6 nitrogen and oxygen atoms in total. The van der Waals surface area contributed by atoms with E-state index < -0.39 is 12.0 Å². The largest absolute Gasteiger partial charge is 0.493 e. The molecule has 1 atom stereocenters. The van der Waals surface area contributed by atoms with Gasteiger partial charge in [0.1, 0.15) is 12.6 Å². The van der Waals surface area contributed by atoms with E-state index in [9.17, 15) is 4.79 Å². The van der Waals surface area contributed by atoms with Crippen molar-refractivity contribution >= 4 is 5.97 Å². The molecule has 0 saturated carbocycles. The summed E-state index contributed by atoms with van der Waals surface area (Å²) >= 11 is 0. The van der Waals surface area contributed by atoms with E-state index in [1.165, 1.54) is 26.4 Å². The van der Waals surface area contributed by atoms with E-state index >= 15 is 0 Å². The van der Waals surface area contributed by atoms with Crippen LogP contribution in [0.25, 0.3) is 0 Å². The van der Waals surface area contributed by atoms with Crippen molar-refractivity contribution in [3.8, 4) is 11.5 Å². The third kappa shape index (κ3) is 5.39. The average Bonchev–Trinajstić information content (AvgIpc) is 2.62. The lowest BCUT2D eigenvalue weighted by Gasteiger charge is -2.26. The molecular weight excluding hydrogens is 308 g/mol. The van der Waals surface area contributed by atoms with Gasteiger partial charge in [0.2, 0.25) is 0 Å². The molecule has 0 spiro atoms. The number of ether oxygens (including phenoxy) is 3. The standard InChI is InChI=1S/C18H28N2O4/c1-22-17-13-14(12-15(19)18(21)23-2)6-7-16(17)24-11-10-20-8-4-3-5-9-20/h6-7,13,15H,3-5,8-12,19H2,1-2H3. The van der Waals surface area contributed by atoms with Gasteiger partial charge in [-0.15, -0.1) is 0 Å². The first-order chi connectivity index (χ1) is 11.6. The van der Waals surface area contributed by atoms with Gasteiger partial charge in [-0.1, -0.05) is 12.5 Å². The van der Waals surface area contributed by atoms with E-state index in [4.69, 9.17) is 15.2 Å². The zero-order valence-corrected chi connectivity index (χ0v) is 14.6. The number of likely N-dealkylation sites (tertiary alicyclic amines) is 1. The third-order valence-electron chi connectivity index (χ3n) is 4.30. The second-order valence-corrected chi connectivity index (χ2v) is 6.07. The number of piperidine rings is 1. The van der Waals surface area contributed by atoms with Crippen molar-refractivity contribution in [2.24, 2.45) is 5.73 Å². The van der Waals surface area contributed by atoms with Crippen LogP contribution >= 0.6 is 0 Å². The van der Waals surface area contributed by atoms with E-state index in [2.05, 4.69) is 9.64 Å². The Morgan fingerprint density at radius 1 is 1.21 bits per heavy atom. The molecule has 1 unspecified atom stereocenters. The normalized spacial score (nSPS) is 16.5. The Hall–Kier alpha value is -1.79. The number of nitrogens with zero attached hydrogens (tertiary/aromatic N) is 1. The molecule has 0 amide bonds. The second-order valence-electron chi connectivity index (χ2n) is 6.07. The number of nitrogens with two attached hydrogens (primary N) is 1. The summed E-state index contributed by atoms with van der Waals surface area (Å²) in [6.45, 7) is 3.88. The summed E-state index contributed by atoms with van der Waals surface area (Å²) < 4.78 is 15.9. The van der Waals surface area contributed by atoms with Gasteiger partial charge in [0.25, 0.3) is 0 Å². The molecule has 1 aromatic rings. The summed E-state index contributed by atoms with van der Waals surface area (Å²) in [5.74, 6) is 0.948. The Labute approximate surface area is 143 Å². The summed E-state index contributed by atoms with van der Waals surface area (Å²) in [5.41, 5.74) is 6.71. The Kier molecular flexibility index (Phi) is 7.34. The first-order valence-corrected chi connectivity index (χ1v) is 8.49. The maximum absolute atomic E-state index is 11.4. The first-order valence-electron chi connectivity index (χ1n) is 8.49. The van der Waals surface area contributed by atoms with E-state index in [1.54, 1.807) is 7.11 Å². The highest BCUT2D eigenvalue weighted by Crippen LogP contribution is 2.28. The molecule has 1 heterocycles. The van der Waals surface area contributed by atoms with Crippen LogP contribution in [0, 0.1) is 0 Å². The van der Waals surface area contributed by atoms with Crippen LogP contribution in [0.2, 0.25) is 0 Å². The number of benzene rings is 1. The van der Waals surface area contributed by atoms with Crippen LogP contribution in [0.4, 0.5) is 0 Å². The highest BCUT2D eigenvalue weighted by Gasteiger charge is 2.16. The van der Waals surface area contributed by atoms with E-state index in [0.717, 1.165) is 25.2 Å². The van der Waals surface area contributed by atoms with Crippen molar-refractivity contribution in [2.75, 3.05) is 40.5 Å². The first kappa shape index (κ1) is 18.5. The smallest absolute Gasteiger partial charge is 0.322 e. The van der Waals surface area contributed by atoms with Crippen molar-refractivity contribution in [3.63, 3.8) is 0 Å². The molecule has 0 aromatic heterocycles. The van der Waals surface area contributed by atoms with Gasteiger partial charge in [-0.3, -0.25) is 9.69 Å². The summed E-state index contributed by atoms with van der Waals surface area (Å²) in [6, 6.07) is 4.96. The van der Waals surface area contributed by atoms with Crippen LogP contribution in [0.3, 0.4) is 0 Å². The minimum atomic E-state index is -0.675. The van der Waals surface area contributed by atoms with Crippen molar-refractivity contribution in [1.82, 2.24) is 4.90 Å². The number of hydrogen-bond acceptors (Lipinski definition) is 6. The van der Waals surface area contributed by atoms with Crippen molar-refractivity contribution in [2.45, 2.75) is 31.7 Å². The summed E-state index contributed by atoms with van der Waals surface area (Å²) in [7, 11) is 2.94. The summed E-state index contributed by atoms with van der Waals surface area (Å²) in [6.07, 6.45) is 4.29. The van der Waals surface area contributed by atoms with Crippen molar-refractivity contribution < 1.29 is 19.0 Å². The lowest BCUT2D eigenvalue weighted by molar-refractivity contribution is -0.142. The molecule has 1 aliphatic heterocycles. The Morgan fingerprint density at radius 3 is 2.62 bits per heavy atom. The number of hydrogen-bond donors (Lipinski definition) is 1. The molecule has 2 rings (SSSR count). The molecule has 1 fully saturated rings. The minimum Gasteiger partial charge on any atom is -0.493 e. The number of rotatable bonds is 8. The molecular formula is C18H28N2O4. The number of esters is 1. The monoisotopic (exact) mass is 336 g/mol. The Bertz CT molecular complexity index is 530. The molecule has 0 radical (unpaired) electrons. The maximum atomic E-state index is 11.4. The van der Waals surface area contributed by atoms with Crippen LogP contribution in [-0.4, -0.2) is 57.4 Å². The fourth-order valence-electron chi connectivity index (χ4n) is 2.91. The molecule has 134 valence electrons. The van der Waals surface area contributed by atoms with Gasteiger partial charge in [-0.05, 0) is 50.0 Å². The molecule has 1 saturated heterocycles. The Morgan fingerprint density at radius 2 is 1.96 bits per heavy atom. The van der Waals surface area contributed by atoms with Gasteiger partial charge in [0, 0.05) is 6.54 Å². The summed E-state index contributed by atoms with van der Waals surface area (Å²) in [5, 5.41) is 0. The molecule has 24 heavy (non-hydrogen) atoms. The second kappa shape index (κ2) is 9.49. The van der Waals surface area contributed by atoms with Gasteiger partial charge in [0.05, 0.1) is 14.2 Å². The highest BCUT2D eigenvalue weighted by atomic mass is 16.5. The predicted molar refractivity (Wildman–Crippen MR) is 92.5 cm³/mol. The van der Waals surface area contributed by atoms with Crippen molar-refractivity contribution in [3.05, 3.63) is 23.8 Å². The fraction of sp³-hybridized carbons (Fsp3) is 0.611. The molecule has 2 N–H and O–H groups in total. The summed E-state index contributed by atoms with van der Waals surface area (Å²) in [4.78, 5) is 13.9. The zero-order chi connectivity index (χ0) is 17.4. The highest BCUT2D eigenvalue weighted by molar-refractivity contribution is 5.75. The maximum Gasteiger partial charge on any atom is 0.322 e. The lowest BCUT2D eigenvalue weighted by atomic mass is 10.1. The fourth-order valence-corrected chi connectivity index (χ4v) is 2.91. The molecule has 1 aliphatic rings. The van der Waals surface area contributed by atoms with Gasteiger partial charge in [-0.2, -0.15) is 0 Å². The predicted octanol–water partition coefficient (Wildman–Crippen LogP) is 1.60.